The summed E-state index contributed by atoms with van der Waals surface area (Å²) in [6.07, 6.45) is 12.5. The molecule has 0 aromatic heterocycles. The maximum atomic E-state index is 13.5. The molecule has 4 nitrogen and oxygen atoms in total. The fourth-order valence-electron chi connectivity index (χ4n) is 5.81. The topological polar surface area (TPSA) is 32.8 Å². The maximum absolute atomic E-state index is 13.5. The molecule has 3 aliphatic rings. The third-order valence-electron chi connectivity index (χ3n) is 7.68. The standard InChI is InChI=1S/C29H34N2O2/c1-2-22-7-5-10-26(17-22)29(32)31(21-28-11-6-16-33-28)20-23-12-14-30(15-13-23)27-18-24-8-3-4-9-25(24)19-27/h1,3-5,7-10,17,23,27-28H,6,11-16,18-21H2/t28-/m0/s1. The Morgan fingerprint density at radius 1 is 1.03 bits per heavy atom. The molecule has 33 heavy (non-hydrogen) atoms. The molecule has 0 unspecified atom stereocenters. The van der Waals surface area contributed by atoms with Gasteiger partial charge in [-0.3, -0.25) is 9.69 Å². The minimum atomic E-state index is 0.0799. The minimum absolute atomic E-state index is 0.0799. The summed E-state index contributed by atoms with van der Waals surface area (Å²) in [5.74, 6) is 3.27. The van der Waals surface area contributed by atoms with Crippen molar-refractivity contribution in [3.05, 3.63) is 70.8 Å². The van der Waals surface area contributed by atoms with Crippen molar-refractivity contribution < 1.29 is 9.53 Å². The largest absolute Gasteiger partial charge is 0.376 e. The minimum Gasteiger partial charge on any atom is -0.376 e. The van der Waals surface area contributed by atoms with Gasteiger partial charge in [-0.25, -0.2) is 0 Å². The van der Waals surface area contributed by atoms with E-state index >= 15 is 0 Å². The zero-order valence-corrected chi connectivity index (χ0v) is 19.4. The number of likely N-dealkylation sites (tertiary alicyclic amines) is 1. The molecule has 2 aromatic rings. The molecule has 1 amide bonds. The lowest BCUT2D eigenvalue weighted by molar-refractivity contribution is 0.0430. The second-order valence-corrected chi connectivity index (χ2v) is 9.88. The number of carbonyl (C=O) groups excluding carboxylic acids is 1. The number of fused-ring (bicyclic) bond motifs is 1. The molecule has 2 aromatic carbocycles. The highest BCUT2D eigenvalue weighted by Crippen LogP contribution is 2.29. The first-order valence-electron chi connectivity index (χ1n) is 12.5. The van der Waals surface area contributed by atoms with E-state index in [1.165, 1.54) is 24.0 Å². The monoisotopic (exact) mass is 442 g/mol. The van der Waals surface area contributed by atoms with Crippen LogP contribution in [0.3, 0.4) is 0 Å². The summed E-state index contributed by atoms with van der Waals surface area (Å²) in [7, 11) is 0. The van der Waals surface area contributed by atoms with Gasteiger partial charge in [0.25, 0.3) is 5.91 Å². The number of hydrogen-bond acceptors (Lipinski definition) is 3. The van der Waals surface area contributed by atoms with E-state index in [1.54, 1.807) is 0 Å². The third-order valence-corrected chi connectivity index (χ3v) is 7.68. The summed E-state index contributed by atoms with van der Waals surface area (Å²) < 4.78 is 5.88. The lowest BCUT2D eigenvalue weighted by Gasteiger charge is -2.38. The Balaban J connectivity index is 1.21. The number of ether oxygens (including phenoxy) is 1. The van der Waals surface area contributed by atoms with Crippen molar-refractivity contribution in [3.8, 4) is 12.3 Å². The molecular formula is C29H34N2O2. The molecule has 0 saturated carbocycles. The van der Waals surface area contributed by atoms with Crippen molar-refractivity contribution in [1.29, 1.82) is 0 Å². The first-order chi connectivity index (χ1) is 16.2. The Hall–Kier alpha value is -2.61. The Morgan fingerprint density at radius 2 is 1.79 bits per heavy atom. The average molecular weight is 443 g/mol. The number of carbonyl (C=O) groups is 1. The summed E-state index contributed by atoms with van der Waals surface area (Å²) >= 11 is 0. The first-order valence-corrected chi connectivity index (χ1v) is 12.5. The lowest BCUT2D eigenvalue weighted by atomic mass is 9.94. The second-order valence-electron chi connectivity index (χ2n) is 9.88. The van der Waals surface area contributed by atoms with Crippen molar-refractivity contribution in [2.24, 2.45) is 5.92 Å². The van der Waals surface area contributed by atoms with Gasteiger partial charge in [-0.05, 0) is 86.9 Å². The molecule has 2 heterocycles. The molecule has 172 valence electrons. The number of piperidine rings is 1. The van der Waals surface area contributed by atoms with Crippen molar-refractivity contribution in [2.45, 2.75) is 50.7 Å². The number of benzene rings is 2. The molecule has 0 bridgehead atoms. The van der Waals surface area contributed by atoms with E-state index in [-0.39, 0.29) is 12.0 Å². The summed E-state index contributed by atoms with van der Waals surface area (Å²) in [4.78, 5) is 18.2. The van der Waals surface area contributed by atoms with Crippen LogP contribution < -0.4 is 0 Å². The zero-order valence-electron chi connectivity index (χ0n) is 19.4. The van der Waals surface area contributed by atoms with E-state index in [2.05, 4.69) is 35.1 Å². The van der Waals surface area contributed by atoms with Crippen LogP contribution in [0, 0.1) is 18.3 Å². The molecule has 5 rings (SSSR count). The average Bonchev–Trinajstić information content (AvgIpc) is 3.53. The van der Waals surface area contributed by atoms with Crippen LogP contribution in [0.5, 0.6) is 0 Å². The van der Waals surface area contributed by atoms with Gasteiger partial charge in [-0.2, -0.15) is 0 Å². The second kappa shape index (κ2) is 10.1. The van der Waals surface area contributed by atoms with Crippen LogP contribution in [-0.2, 0) is 17.6 Å². The normalized spacial score (nSPS) is 21.6. The van der Waals surface area contributed by atoms with Gasteiger partial charge in [-0.15, -0.1) is 6.42 Å². The molecule has 0 spiro atoms. The Kier molecular flexibility index (Phi) is 6.80. The predicted octanol–water partition coefficient (Wildman–Crippen LogP) is 4.17. The van der Waals surface area contributed by atoms with Gasteiger partial charge in [0.05, 0.1) is 6.10 Å². The van der Waals surface area contributed by atoms with Crippen LogP contribution in [0.25, 0.3) is 0 Å². The van der Waals surface area contributed by atoms with E-state index in [0.29, 0.717) is 24.1 Å². The maximum Gasteiger partial charge on any atom is 0.253 e. The fraction of sp³-hybridized carbons (Fsp3) is 0.483. The van der Waals surface area contributed by atoms with Gasteiger partial charge in [0.2, 0.25) is 0 Å². The van der Waals surface area contributed by atoms with Crippen LogP contribution in [0.15, 0.2) is 48.5 Å². The quantitative estimate of drug-likeness (QED) is 0.630. The molecule has 0 radical (unpaired) electrons. The van der Waals surface area contributed by atoms with Gasteiger partial charge in [-0.1, -0.05) is 36.3 Å². The first kappa shape index (κ1) is 22.2. The van der Waals surface area contributed by atoms with E-state index in [1.807, 2.05) is 29.2 Å². The van der Waals surface area contributed by atoms with Crippen LogP contribution in [0.1, 0.15) is 52.7 Å². The summed E-state index contributed by atoms with van der Waals surface area (Å²) in [6, 6.07) is 17.0. The molecule has 1 atom stereocenters. The molecule has 2 aliphatic heterocycles. The number of amides is 1. The highest BCUT2D eigenvalue weighted by Gasteiger charge is 2.32. The Bertz CT molecular complexity index is 987. The summed E-state index contributed by atoms with van der Waals surface area (Å²) in [6.45, 7) is 4.53. The number of nitrogens with zero attached hydrogens (tertiary/aromatic N) is 2. The van der Waals surface area contributed by atoms with Crippen LogP contribution in [0.4, 0.5) is 0 Å². The predicted molar refractivity (Wildman–Crippen MR) is 131 cm³/mol. The highest BCUT2D eigenvalue weighted by molar-refractivity contribution is 5.94. The van der Waals surface area contributed by atoms with Crippen LogP contribution in [-0.4, -0.2) is 60.6 Å². The number of terminal acetylenes is 1. The van der Waals surface area contributed by atoms with Crippen LogP contribution >= 0.6 is 0 Å². The zero-order chi connectivity index (χ0) is 22.6. The number of rotatable bonds is 6. The van der Waals surface area contributed by atoms with Crippen molar-refractivity contribution in [1.82, 2.24) is 9.80 Å². The molecular weight excluding hydrogens is 408 g/mol. The fourth-order valence-corrected chi connectivity index (χ4v) is 5.81. The van der Waals surface area contributed by atoms with E-state index in [4.69, 9.17) is 11.2 Å². The van der Waals surface area contributed by atoms with Gasteiger partial charge < -0.3 is 9.64 Å². The van der Waals surface area contributed by atoms with E-state index in [9.17, 15) is 4.79 Å². The Labute approximate surface area is 197 Å². The molecule has 2 fully saturated rings. The van der Waals surface area contributed by atoms with E-state index in [0.717, 1.165) is 57.5 Å². The highest BCUT2D eigenvalue weighted by atomic mass is 16.5. The van der Waals surface area contributed by atoms with Crippen molar-refractivity contribution in [2.75, 3.05) is 32.8 Å². The third kappa shape index (κ3) is 5.16. The van der Waals surface area contributed by atoms with Crippen LogP contribution in [0.2, 0.25) is 0 Å². The van der Waals surface area contributed by atoms with Crippen molar-refractivity contribution >= 4 is 5.91 Å². The molecule has 0 N–H and O–H groups in total. The number of hydrogen-bond donors (Lipinski definition) is 0. The smallest absolute Gasteiger partial charge is 0.253 e. The summed E-state index contributed by atoms with van der Waals surface area (Å²) in [5, 5.41) is 0. The van der Waals surface area contributed by atoms with Gasteiger partial charge in [0, 0.05) is 36.9 Å². The molecule has 4 heteroatoms. The Morgan fingerprint density at radius 3 is 2.45 bits per heavy atom. The van der Waals surface area contributed by atoms with Gasteiger partial charge in [0.15, 0.2) is 0 Å². The molecule has 1 aliphatic carbocycles. The molecule has 2 saturated heterocycles. The van der Waals surface area contributed by atoms with Crippen molar-refractivity contribution in [3.63, 3.8) is 0 Å². The summed E-state index contributed by atoms with van der Waals surface area (Å²) in [5.41, 5.74) is 4.48. The van der Waals surface area contributed by atoms with E-state index < -0.39 is 0 Å². The SMILES string of the molecule is C#Cc1cccc(C(=O)N(CC2CCN(C3Cc4ccccc4C3)CC2)C[C@@H]2CCCO2)c1. The van der Waals surface area contributed by atoms with Gasteiger partial charge >= 0.3 is 0 Å². The van der Waals surface area contributed by atoms with Gasteiger partial charge in [0.1, 0.15) is 0 Å². The lowest BCUT2D eigenvalue weighted by Crippen LogP contribution is -2.46.